The maximum absolute atomic E-state index is 12.1. The lowest BCUT2D eigenvalue weighted by atomic mass is 10.1. The van der Waals surface area contributed by atoms with Crippen LogP contribution in [0.25, 0.3) is 11.2 Å². The molecule has 7 heteroatoms. The molecule has 1 N–H and O–H groups in total. The van der Waals surface area contributed by atoms with Crippen molar-refractivity contribution in [3.63, 3.8) is 0 Å². The summed E-state index contributed by atoms with van der Waals surface area (Å²) in [7, 11) is 0. The Balaban J connectivity index is 1.79. The predicted octanol–water partition coefficient (Wildman–Crippen LogP) is 2.35. The number of nitrogens with zero attached hydrogens (tertiary/aromatic N) is 4. The highest BCUT2D eigenvalue weighted by Gasteiger charge is 2.32. The third-order valence-electron chi connectivity index (χ3n) is 3.91. The lowest BCUT2D eigenvalue weighted by molar-refractivity contribution is -0.125. The van der Waals surface area contributed by atoms with E-state index < -0.39 is 0 Å². The molecule has 1 fully saturated rings. The first kappa shape index (κ1) is 14.3. The van der Waals surface area contributed by atoms with Crippen LogP contribution in [0.2, 0.25) is 5.15 Å². The van der Waals surface area contributed by atoms with Crippen LogP contribution in [0.3, 0.4) is 0 Å². The summed E-state index contributed by atoms with van der Waals surface area (Å²) in [5.74, 6) is 0.205. The standard InChI is InChI=1S/C14H18ClN5O/c1-8(2)19-14(21)9-3-4-10(5-9)20-7-18-11-12(15)16-6-17-13(11)20/h6-10H,3-5H2,1-2H3,(H,19,21)/t9-,10?/m1/s1. The molecule has 1 amide bonds. The number of hydrogen-bond acceptors (Lipinski definition) is 4. The normalized spacial score (nSPS) is 22.1. The minimum Gasteiger partial charge on any atom is -0.354 e. The van der Waals surface area contributed by atoms with Gasteiger partial charge in [-0.3, -0.25) is 4.79 Å². The van der Waals surface area contributed by atoms with Crippen molar-refractivity contribution in [2.24, 2.45) is 5.92 Å². The molecule has 1 aliphatic carbocycles. The SMILES string of the molecule is CC(C)NC(=O)[C@@H]1CCC(n2cnc3c(Cl)ncnc32)C1. The highest BCUT2D eigenvalue weighted by Crippen LogP contribution is 2.36. The number of nitrogens with one attached hydrogen (secondary N) is 1. The molecule has 1 aliphatic rings. The van der Waals surface area contributed by atoms with Gasteiger partial charge in [0.1, 0.15) is 11.8 Å². The Kier molecular flexibility index (Phi) is 3.80. The van der Waals surface area contributed by atoms with Crippen molar-refractivity contribution >= 4 is 28.7 Å². The molecule has 2 aromatic heterocycles. The minimum absolute atomic E-state index is 0.0622. The first-order valence-electron chi connectivity index (χ1n) is 7.19. The summed E-state index contributed by atoms with van der Waals surface area (Å²) in [5.41, 5.74) is 1.36. The van der Waals surface area contributed by atoms with E-state index in [0.717, 1.165) is 24.9 Å². The van der Waals surface area contributed by atoms with Crippen LogP contribution in [0.15, 0.2) is 12.7 Å². The second-order valence-corrected chi connectivity index (χ2v) is 6.17. The van der Waals surface area contributed by atoms with Crippen molar-refractivity contribution in [2.45, 2.75) is 45.2 Å². The van der Waals surface area contributed by atoms with Gasteiger partial charge in [-0.05, 0) is 33.1 Å². The molecule has 2 atom stereocenters. The number of fused-ring (bicyclic) bond motifs is 1. The molecule has 1 unspecified atom stereocenters. The summed E-state index contributed by atoms with van der Waals surface area (Å²) >= 11 is 6.02. The molecule has 2 aromatic rings. The highest BCUT2D eigenvalue weighted by molar-refractivity contribution is 6.33. The monoisotopic (exact) mass is 307 g/mol. The first-order valence-corrected chi connectivity index (χ1v) is 7.57. The largest absolute Gasteiger partial charge is 0.354 e. The predicted molar refractivity (Wildman–Crippen MR) is 80.0 cm³/mol. The van der Waals surface area contributed by atoms with Gasteiger partial charge in [0, 0.05) is 18.0 Å². The average Bonchev–Trinajstić information content (AvgIpc) is 3.04. The molecular weight excluding hydrogens is 290 g/mol. The van der Waals surface area contributed by atoms with Crippen LogP contribution in [0.4, 0.5) is 0 Å². The van der Waals surface area contributed by atoms with E-state index in [4.69, 9.17) is 11.6 Å². The molecule has 3 rings (SSSR count). The second kappa shape index (κ2) is 5.60. The zero-order valence-electron chi connectivity index (χ0n) is 12.1. The topological polar surface area (TPSA) is 72.7 Å². The van der Waals surface area contributed by atoms with Crippen molar-refractivity contribution < 1.29 is 4.79 Å². The Labute approximate surface area is 127 Å². The van der Waals surface area contributed by atoms with Gasteiger partial charge in [-0.1, -0.05) is 11.6 Å². The minimum atomic E-state index is 0.0622. The average molecular weight is 308 g/mol. The molecule has 6 nitrogen and oxygen atoms in total. The molecule has 0 bridgehead atoms. The van der Waals surface area contributed by atoms with Gasteiger partial charge in [0.15, 0.2) is 10.8 Å². The van der Waals surface area contributed by atoms with E-state index in [9.17, 15) is 4.79 Å². The van der Waals surface area contributed by atoms with Crippen LogP contribution in [0, 0.1) is 5.92 Å². The highest BCUT2D eigenvalue weighted by atomic mass is 35.5. The van der Waals surface area contributed by atoms with Gasteiger partial charge >= 0.3 is 0 Å². The summed E-state index contributed by atoms with van der Waals surface area (Å²) in [5, 5.41) is 3.35. The zero-order valence-corrected chi connectivity index (χ0v) is 12.8. The molecule has 1 saturated carbocycles. The fourth-order valence-corrected chi connectivity index (χ4v) is 3.12. The van der Waals surface area contributed by atoms with Gasteiger partial charge in [0.25, 0.3) is 0 Å². The van der Waals surface area contributed by atoms with E-state index in [-0.39, 0.29) is 23.9 Å². The summed E-state index contributed by atoms with van der Waals surface area (Å²) in [4.78, 5) is 24.6. The van der Waals surface area contributed by atoms with Gasteiger partial charge in [-0.2, -0.15) is 0 Å². The summed E-state index contributed by atoms with van der Waals surface area (Å²) in [6.07, 6.45) is 5.84. The number of rotatable bonds is 3. The van der Waals surface area contributed by atoms with E-state index in [2.05, 4.69) is 20.3 Å². The lowest BCUT2D eigenvalue weighted by Crippen LogP contribution is -2.34. The Hall–Kier alpha value is -1.69. The van der Waals surface area contributed by atoms with Crippen LogP contribution < -0.4 is 5.32 Å². The fraction of sp³-hybridized carbons (Fsp3) is 0.571. The number of halogens is 1. The molecule has 0 radical (unpaired) electrons. The molecule has 2 heterocycles. The number of hydrogen-bond donors (Lipinski definition) is 1. The fourth-order valence-electron chi connectivity index (χ4n) is 2.94. The Morgan fingerprint density at radius 3 is 2.95 bits per heavy atom. The van der Waals surface area contributed by atoms with Crippen molar-refractivity contribution in [3.8, 4) is 0 Å². The zero-order chi connectivity index (χ0) is 15.0. The smallest absolute Gasteiger partial charge is 0.223 e. The van der Waals surface area contributed by atoms with E-state index in [1.807, 2.05) is 18.4 Å². The van der Waals surface area contributed by atoms with Gasteiger partial charge < -0.3 is 9.88 Å². The molecule has 112 valence electrons. The first-order chi connectivity index (χ1) is 10.1. The molecular formula is C14H18ClN5O. The van der Waals surface area contributed by atoms with Crippen LogP contribution in [-0.4, -0.2) is 31.5 Å². The van der Waals surface area contributed by atoms with E-state index >= 15 is 0 Å². The molecule has 21 heavy (non-hydrogen) atoms. The second-order valence-electron chi connectivity index (χ2n) is 5.82. The van der Waals surface area contributed by atoms with E-state index in [0.29, 0.717) is 10.7 Å². The third-order valence-corrected chi connectivity index (χ3v) is 4.19. The number of carbonyl (C=O) groups is 1. The van der Waals surface area contributed by atoms with Crippen LogP contribution in [0.1, 0.15) is 39.2 Å². The maximum Gasteiger partial charge on any atom is 0.223 e. The van der Waals surface area contributed by atoms with Crippen molar-refractivity contribution in [1.82, 2.24) is 24.8 Å². The van der Waals surface area contributed by atoms with Gasteiger partial charge in [-0.15, -0.1) is 0 Å². The summed E-state index contributed by atoms with van der Waals surface area (Å²) in [6.45, 7) is 3.96. The maximum atomic E-state index is 12.1. The summed E-state index contributed by atoms with van der Waals surface area (Å²) < 4.78 is 2.02. The van der Waals surface area contributed by atoms with E-state index in [1.54, 1.807) is 6.33 Å². The van der Waals surface area contributed by atoms with Gasteiger partial charge in [-0.25, -0.2) is 15.0 Å². The van der Waals surface area contributed by atoms with Gasteiger partial charge in [0.05, 0.1) is 6.33 Å². The third kappa shape index (κ3) is 2.72. The van der Waals surface area contributed by atoms with Gasteiger partial charge in [0.2, 0.25) is 5.91 Å². The molecule has 0 aliphatic heterocycles. The number of aromatic nitrogens is 4. The lowest BCUT2D eigenvalue weighted by Gasteiger charge is -2.15. The van der Waals surface area contributed by atoms with Crippen molar-refractivity contribution in [3.05, 3.63) is 17.8 Å². The molecule has 0 saturated heterocycles. The number of carbonyl (C=O) groups excluding carboxylic acids is 1. The quantitative estimate of drug-likeness (QED) is 0.883. The van der Waals surface area contributed by atoms with Crippen molar-refractivity contribution in [2.75, 3.05) is 0 Å². The molecule has 0 aromatic carbocycles. The Morgan fingerprint density at radius 1 is 1.38 bits per heavy atom. The number of amides is 1. The van der Waals surface area contributed by atoms with Crippen LogP contribution >= 0.6 is 11.6 Å². The Morgan fingerprint density at radius 2 is 2.19 bits per heavy atom. The van der Waals surface area contributed by atoms with Crippen LogP contribution in [-0.2, 0) is 4.79 Å². The summed E-state index contributed by atoms with van der Waals surface area (Å²) in [6, 6.07) is 0.418. The van der Waals surface area contributed by atoms with Crippen LogP contribution in [0.5, 0.6) is 0 Å². The van der Waals surface area contributed by atoms with E-state index in [1.165, 1.54) is 6.33 Å². The Bertz CT molecular complexity index is 668. The molecule has 0 spiro atoms. The van der Waals surface area contributed by atoms with Crippen molar-refractivity contribution in [1.29, 1.82) is 0 Å². The number of imidazole rings is 1.